The number of aryl methyl sites for hydroxylation is 1. The monoisotopic (exact) mass is 395 g/mol. The minimum Gasteiger partial charge on any atom is -0.365 e. The first-order valence-corrected chi connectivity index (χ1v) is 10.1. The topological polar surface area (TPSA) is 78.2 Å². The Bertz CT molecular complexity index is 994. The van der Waals surface area contributed by atoms with Gasteiger partial charge in [0.2, 0.25) is 0 Å². The second-order valence-corrected chi connectivity index (χ2v) is 7.53. The Hall–Kier alpha value is -2.93. The van der Waals surface area contributed by atoms with Gasteiger partial charge in [-0.25, -0.2) is 9.37 Å². The molecule has 6 nitrogen and oxygen atoms in total. The Morgan fingerprint density at radius 3 is 2.79 bits per heavy atom. The van der Waals surface area contributed by atoms with Crippen LogP contribution in [0.3, 0.4) is 0 Å². The molecule has 0 bridgehead atoms. The Labute approximate surface area is 169 Å². The summed E-state index contributed by atoms with van der Waals surface area (Å²) in [7, 11) is 0. The number of carbonyl (C=O) groups excluding carboxylic acids is 1. The van der Waals surface area contributed by atoms with Crippen molar-refractivity contribution in [3.63, 3.8) is 0 Å². The molecule has 4 rings (SSSR count). The van der Waals surface area contributed by atoms with Crippen LogP contribution in [0.4, 0.5) is 10.2 Å². The van der Waals surface area contributed by atoms with Crippen LogP contribution in [0.15, 0.2) is 42.7 Å². The smallest absolute Gasteiger partial charge is 0.252 e. The highest BCUT2D eigenvalue weighted by Crippen LogP contribution is 2.22. The number of halogens is 1. The number of aromatic nitrogens is 2. The van der Waals surface area contributed by atoms with Crippen molar-refractivity contribution in [2.75, 3.05) is 37.6 Å². The molecule has 152 valence electrons. The maximum Gasteiger partial charge on any atom is 0.252 e. The number of primary amides is 1. The van der Waals surface area contributed by atoms with Gasteiger partial charge in [-0.2, -0.15) is 0 Å². The van der Waals surface area contributed by atoms with Crippen molar-refractivity contribution in [2.24, 2.45) is 5.73 Å². The molecule has 7 heteroatoms. The SMILES string of the molecule is NC(=O)c1cccnc1N1CCN(CCCCc2c[nH]c3ccc(F)cc23)CC1. The molecule has 1 aliphatic rings. The van der Waals surface area contributed by atoms with Gasteiger partial charge in [0.05, 0.1) is 5.56 Å². The van der Waals surface area contributed by atoms with Crippen molar-refractivity contribution in [1.29, 1.82) is 0 Å². The van der Waals surface area contributed by atoms with Gasteiger partial charge in [0.1, 0.15) is 11.6 Å². The quantitative estimate of drug-likeness (QED) is 0.603. The summed E-state index contributed by atoms with van der Waals surface area (Å²) in [6.07, 6.45) is 6.80. The van der Waals surface area contributed by atoms with E-state index in [1.807, 2.05) is 6.20 Å². The largest absolute Gasteiger partial charge is 0.365 e. The number of aromatic amines is 1. The van der Waals surface area contributed by atoms with Crippen LogP contribution in [-0.2, 0) is 6.42 Å². The molecule has 1 fully saturated rings. The number of hydrogen-bond acceptors (Lipinski definition) is 4. The molecule has 0 aliphatic carbocycles. The summed E-state index contributed by atoms with van der Waals surface area (Å²) >= 11 is 0. The Morgan fingerprint density at radius 2 is 2.00 bits per heavy atom. The standard InChI is InChI=1S/C22H26FN5O/c23-17-6-7-20-19(14-17)16(15-26-20)4-1-2-9-27-10-12-28(13-11-27)22-18(21(24)29)5-3-8-25-22/h3,5-8,14-15,26H,1-2,4,9-13H2,(H2,24,29). The van der Waals surface area contributed by atoms with Crippen molar-refractivity contribution in [1.82, 2.24) is 14.9 Å². The number of anilines is 1. The number of piperazine rings is 1. The van der Waals surface area contributed by atoms with E-state index in [1.54, 1.807) is 30.5 Å². The number of pyridine rings is 1. The number of unbranched alkanes of at least 4 members (excludes halogenated alkanes) is 1. The molecule has 3 N–H and O–H groups in total. The van der Waals surface area contributed by atoms with Gasteiger partial charge in [-0.05, 0) is 61.7 Å². The van der Waals surface area contributed by atoms with Crippen molar-refractivity contribution < 1.29 is 9.18 Å². The zero-order chi connectivity index (χ0) is 20.2. The van der Waals surface area contributed by atoms with E-state index in [2.05, 4.69) is 19.8 Å². The lowest BCUT2D eigenvalue weighted by Crippen LogP contribution is -2.47. The highest BCUT2D eigenvalue weighted by atomic mass is 19.1. The average molecular weight is 395 g/mol. The third kappa shape index (κ3) is 4.40. The number of H-pyrrole nitrogens is 1. The van der Waals surface area contributed by atoms with Gasteiger partial charge in [-0.1, -0.05) is 0 Å². The van der Waals surface area contributed by atoms with Gasteiger partial charge < -0.3 is 15.6 Å². The predicted molar refractivity (Wildman–Crippen MR) is 113 cm³/mol. The molecule has 1 aromatic carbocycles. The number of benzene rings is 1. The van der Waals surface area contributed by atoms with Gasteiger partial charge >= 0.3 is 0 Å². The minimum absolute atomic E-state index is 0.191. The second-order valence-electron chi connectivity index (χ2n) is 7.53. The van der Waals surface area contributed by atoms with Gasteiger partial charge in [0.15, 0.2) is 0 Å². The number of carbonyl (C=O) groups is 1. The van der Waals surface area contributed by atoms with Crippen LogP contribution in [0.2, 0.25) is 0 Å². The zero-order valence-corrected chi connectivity index (χ0v) is 16.4. The average Bonchev–Trinajstić information content (AvgIpc) is 3.13. The van der Waals surface area contributed by atoms with Gasteiger partial charge in [-0.3, -0.25) is 9.69 Å². The van der Waals surface area contributed by atoms with E-state index in [9.17, 15) is 9.18 Å². The molecule has 0 radical (unpaired) electrons. The van der Waals surface area contributed by atoms with E-state index < -0.39 is 5.91 Å². The first kappa shape index (κ1) is 19.4. The lowest BCUT2D eigenvalue weighted by molar-refractivity contribution is 0.1000. The first-order chi connectivity index (χ1) is 14.1. The van der Waals surface area contributed by atoms with Crippen molar-refractivity contribution in [3.8, 4) is 0 Å². The minimum atomic E-state index is -0.437. The number of amides is 1. The second kappa shape index (κ2) is 8.61. The third-order valence-electron chi connectivity index (χ3n) is 5.62. The molecule has 0 saturated carbocycles. The lowest BCUT2D eigenvalue weighted by atomic mass is 10.1. The molecule has 3 aromatic rings. The molecule has 0 spiro atoms. The van der Waals surface area contributed by atoms with Gasteiger partial charge in [-0.15, -0.1) is 0 Å². The van der Waals surface area contributed by atoms with Crippen LogP contribution in [0.1, 0.15) is 28.8 Å². The summed E-state index contributed by atoms with van der Waals surface area (Å²) in [4.78, 5) is 23.8. The molecular weight excluding hydrogens is 369 g/mol. The van der Waals surface area contributed by atoms with Crippen molar-refractivity contribution in [2.45, 2.75) is 19.3 Å². The molecule has 29 heavy (non-hydrogen) atoms. The number of nitrogens with one attached hydrogen (secondary N) is 1. The molecule has 3 heterocycles. The molecule has 0 unspecified atom stereocenters. The highest BCUT2D eigenvalue weighted by molar-refractivity contribution is 5.97. The molecule has 1 saturated heterocycles. The summed E-state index contributed by atoms with van der Waals surface area (Å²) in [5.74, 6) is 0.0579. The van der Waals surface area contributed by atoms with E-state index in [1.165, 1.54) is 11.6 Å². The molecule has 1 aliphatic heterocycles. The number of nitrogens with two attached hydrogens (primary N) is 1. The van der Waals surface area contributed by atoms with Crippen LogP contribution >= 0.6 is 0 Å². The number of hydrogen-bond donors (Lipinski definition) is 2. The summed E-state index contributed by atoms with van der Waals surface area (Å²) in [6, 6.07) is 8.35. The summed E-state index contributed by atoms with van der Waals surface area (Å²) in [6.45, 7) is 4.58. The van der Waals surface area contributed by atoms with Crippen LogP contribution in [0, 0.1) is 5.82 Å². The lowest BCUT2D eigenvalue weighted by Gasteiger charge is -2.36. The number of rotatable bonds is 7. The predicted octanol–water partition coefficient (Wildman–Crippen LogP) is 2.95. The van der Waals surface area contributed by atoms with Gasteiger partial charge in [0, 0.05) is 49.5 Å². The zero-order valence-electron chi connectivity index (χ0n) is 16.4. The van der Waals surface area contributed by atoms with E-state index in [4.69, 9.17) is 5.73 Å². The third-order valence-corrected chi connectivity index (χ3v) is 5.62. The first-order valence-electron chi connectivity index (χ1n) is 10.1. The fourth-order valence-corrected chi connectivity index (χ4v) is 4.03. The maximum absolute atomic E-state index is 13.5. The Kier molecular flexibility index (Phi) is 5.76. The van der Waals surface area contributed by atoms with Gasteiger partial charge in [0.25, 0.3) is 5.91 Å². The number of nitrogens with zero attached hydrogens (tertiary/aromatic N) is 3. The van der Waals surface area contributed by atoms with E-state index in [0.717, 1.165) is 62.9 Å². The maximum atomic E-state index is 13.5. The van der Waals surface area contributed by atoms with E-state index in [-0.39, 0.29) is 5.82 Å². The molecule has 0 atom stereocenters. The summed E-state index contributed by atoms with van der Waals surface area (Å²) < 4.78 is 13.5. The van der Waals surface area contributed by atoms with E-state index >= 15 is 0 Å². The molecule has 2 aromatic heterocycles. The fraction of sp³-hybridized carbons (Fsp3) is 0.364. The molecule has 1 amide bonds. The van der Waals surface area contributed by atoms with Crippen LogP contribution in [-0.4, -0.2) is 53.5 Å². The fourth-order valence-electron chi connectivity index (χ4n) is 4.03. The van der Waals surface area contributed by atoms with Crippen molar-refractivity contribution >= 4 is 22.6 Å². The van der Waals surface area contributed by atoms with Crippen LogP contribution < -0.4 is 10.6 Å². The summed E-state index contributed by atoms with van der Waals surface area (Å²) in [5, 5.41) is 0.985. The van der Waals surface area contributed by atoms with Crippen molar-refractivity contribution in [3.05, 3.63) is 59.7 Å². The number of fused-ring (bicyclic) bond motifs is 1. The van der Waals surface area contributed by atoms with Crippen LogP contribution in [0.5, 0.6) is 0 Å². The Morgan fingerprint density at radius 1 is 1.17 bits per heavy atom. The normalized spacial score (nSPS) is 15.1. The Balaban J connectivity index is 1.24. The highest BCUT2D eigenvalue weighted by Gasteiger charge is 2.21. The van der Waals surface area contributed by atoms with E-state index in [0.29, 0.717) is 11.4 Å². The summed E-state index contributed by atoms with van der Waals surface area (Å²) in [5.41, 5.74) is 8.12. The molecular formula is C22H26FN5O. The van der Waals surface area contributed by atoms with Crippen LogP contribution in [0.25, 0.3) is 10.9 Å².